The van der Waals surface area contributed by atoms with E-state index in [2.05, 4.69) is 37.8 Å². The smallest absolute Gasteiger partial charge is 0.357 e. The number of carbonyl (C=O) groups is 1. The molecule has 0 aliphatic heterocycles. The summed E-state index contributed by atoms with van der Waals surface area (Å²) in [6.45, 7) is 1.77. The molecule has 2 rings (SSSR count). The maximum atomic E-state index is 11.0. The van der Waals surface area contributed by atoms with Gasteiger partial charge in [-0.15, -0.1) is 0 Å². The second-order valence-electron chi connectivity index (χ2n) is 3.24. The predicted octanol–water partition coefficient (Wildman–Crippen LogP) is 2.08. The Balaban J connectivity index is 2.63. The molecule has 0 amide bonds. The molecule has 5 nitrogen and oxygen atoms in total. The van der Waals surface area contributed by atoms with Gasteiger partial charge in [-0.2, -0.15) is 5.10 Å². The van der Waals surface area contributed by atoms with Gasteiger partial charge < -0.3 is 5.11 Å². The van der Waals surface area contributed by atoms with Crippen LogP contribution in [-0.4, -0.2) is 26.3 Å². The van der Waals surface area contributed by atoms with Crippen LogP contribution >= 0.6 is 22.6 Å². The molecule has 0 radical (unpaired) electrons. The van der Waals surface area contributed by atoms with Crippen molar-refractivity contribution in [3.8, 4) is 11.3 Å². The summed E-state index contributed by atoms with van der Waals surface area (Å²) in [6, 6.07) is 3.67. The van der Waals surface area contributed by atoms with Crippen molar-refractivity contribution in [3.63, 3.8) is 0 Å². The summed E-state index contributed by atoms with van der Waals surface area (Å²) in [5, 5.41) is 15.4. The van der Waals surface area contributed by atoms with Crippen molar-refractivity contribution in [2.24, 2.45) is 0 Å². The topological polar surface area (TPSA) is 78.9 Å². The predicted molar refractivity (Wildman–Crippen MR) is 66.2 cm³/mol. The van der Waals surface area contributed by atoms with Gasteiger partial charge in [0.2, 0.25) is 0 Å². The molecule has 2 aromatic heterocycles. The van der Waals surface area contributed by atoms with Gasteiger partial charge in [0.15, 0.2) is 5.69 Å². The first-order valence-corrected chi connectivity index (χ1v) is 5.57. The molecule has 0 unspecified atom stereocenters. The average molecular weight is 329 g/mol. The minimum Gasteiger partial charge on any atom is -0.476 e. The number of aromatic carboxylic acids is 1. The highest BCUT2D eigenvalue weighted by Crippen LogP contribution is 2.24. The Bertz CT molecular complexity index is 551. The Morgan fingerprint density at radius 2 is 2.31 bits per heavy atom. The van der Waals surface area contributed by atoms with E-state index in [1.807, 2.05) is 12.1 Å². The molecule has 0 saturated heterocycles. The van der Waals surface area contributed by atoms with E-state index >= 15 is 0 Å². The highest BCUT2D eigenvalue weighted by Gasteiger charge is 2.19. The molecule has 0 fully saturated rings. The Morgan fingerprint density at radius 3 is 2.94 bits per heavy atom. The fourth-order valence-corrected chi connectivity index (χ4v) is 1.89. The molecule has 0 bridgehead atoms. The first-order chi connectivity index (χ1) is 7.59. The van der Waals surface area contributed by atoms with E-state index in [-0.39, 0.29) is 5.69 Å². The molecule has 2 aromatic rings. The Kier molecular flexibility index (Phi) is 2.90. The summed E-state index contributed by atoms with van der Waals surface area (Å²) in [6.07, 6.45) is 1.65. The van der Waals surface area contributed by atoms with Crippen molar-refractivity contribution in [2.75, 3.05) is 0 Å². The second-order valence-corrected chi connectivity index (χ2v) is 4.48. The number of halogens is 1. The zero-order chi connectivity index (χ0) is 11.7. The number of hydrogen-bond donors (Lipinski definition) is 2. The number of nitrogens with one attached hydrogen (secondary N) is 1. The summed E-state index contributed by atoms with van der Waals surface area (Å²) in [5.74, 6) is -1.06. The quantitative estimate of drug-likeness (QED) is 0.827. The SMILES string of the molecule is Cc1[nH]nc(C(=O)O)c1-c1cc(I)ccn1. The van der Waals surface area contributed by atoms with E-state index < -0.39 is 5.97 Å². The maximum Gasteiger partial charge on any atom is 0.357 e. The zero-order valence-electron chi connectivity index (χ0n) is 8.36. The molecule has 0 aliphatic rings. The molecule has 0 aliphatic carbocycles. The fraction of sp³-hybridized carbons (Fsp3) is 0.100. The molecule has 0 spiro atoms. The summed E-state index contributed by atoms with van der Waals surface area (Å²) in [5.41, 5.74) is 1.88. The van der Waals surface area contributed by atoms with Crippen molar-refractivity contribution in [2.45, 2.75) is 6.92 Å². The minimum absolute atomic E-state index is 0.00648. The zero-order valence-corrected chi connectivity index (χ0v) is 10.5. The third-order valence-electron chi connectivity index (χ3n) is 2.13. The number of hydrogen-bond acceptors (Lipinski definition) is 3. The van der Waals surface area contributed by atoms with E-state index in [9.17, 15) is 4.79 Å². The highest BCUT2D eigenvalue weighted by atomic mass is 127. The van der Waals surface area contributed by atoms with Crippen LogP contribution < -0.4 is 0 Å². The van der Waals surface area contributed by atoms with E-state index in [1.165, 1.54) is 0 Å². The summed E-state index contributed by atoms with van der Waals surface area (Å²) >= 11 is 2.15. The number of carboxylic acid groups (broad SMARTS) is 1. The first-order valence-electron chi connectivity index (χ1n) is 4.50. The highest BCUT2D eigenvalue weighted by molar-refractivity contribution is 14.1. The van der Waals surface area contributed by atoms with Gasteiger partial charge >= 0.3 is 5.97 Å². The van der Waals surface area contributed by atoms with Crippen molar-refractivity contribution in [1.29, 1.82) is 0 Å². The van der Waals surface area contributed by atoms with Gasteiger partial charge in [-0.25, -0.2) is 4.79 Å². The van der Waals surface area contributed by atoms with Gasteiger partial charge in [0.25, 0.3) is 0 Å². The second kappa shape index (κ2) is 4.20. The lowest BCUT2D eigenvalue weighted by Gasteiger charge is -2.00. The Labute approximate surface area is 105 Å². The first kappa shape index (κ1) is 11.1. The normalized spacial score (nSPS) is 10.4. The molecule has 82 valence electrons. The molecule has 2 heterocycles. The van der Waals surface area contributed by atoms with Crippen molar-refractivity contribution in [3.05, 3.63) is 33.3 Å². The summed E-state index contributed by atoms with van der Waals surface area (Å²) in [7, 11) is 0. The summed E-state index contributed by atoms with van der Waals surface area (Å²) < 4.78 is 1.000. The number of aromatic amines is 1. The number of aryl methyl sites for hydroxylation is 1. The van der Waals surface area contributed by atoms with Crippen LogP contribution in [-0.2, 0) is 0 Å². The number of carboxylic acids is 1. The standard InChI is InChI=1S/C10H8IN3O2/c1-5-8(9(10(15)16)14-13-5)7-4-6(11)2-3-12-7/h2-4H,1H3,(H,13,14)(H,15,16). The molecule has 0 atom stereocenters. The van der Waals surface area contributed by atoms with Crippen LogP contribution in [0.25, 0.3) is 11.3 Å². The third-order valence-corrected chi connectivity index (χ3v) is 2.80. The summed E-state index contributed by atoms with van der Waals surface area (Å²) in [4.78, 5) is 15.1. The van der Waals surface area contributed by atoms with E-state index in [0.29, 0.717) is 17.0 Å². The van der Waals surface area contributed by atoms with Gasteiger partial charge in [-0.1, -0.05) is 0 Å². The number of pyridine rings is 1. The molecule has 0 saturated carbocycles. The lowest BCUT2D eigenvalue weighted by Crippen LogP contribution is -2.00. The van der Waals surface area contributed by atoms with Gasteiger partial charge in [0.1, 0.15) is 0 Å². The Hall–Kier alpha value is -1.44. The van der Waals surface area contributed by atoms with E-state index in [1.54, 1.807) is 13.1 Å². The van der Waals surface area contributed by atoms with Crippen molar-refractivity contribution < 1.29 is 9.90 Å². The molecular formula is C10H8IN3O2. The lowest BCUT2D eigenvalue weighted by atomic mass is 10.1. The monoisotopic (exact) mass is 329 g/mol. The van der Waals surface area contributed by atoms with E-state index in [4.69, 9.17) is 5.11 Å². The van der Waals surface area contributed by atoms with Gasteiger partial charge in [0, 0.05) is 15.5 Å². The number of H-pyrrole nitrogens is 1. The molecular weight excluding hydrogens is 321 g/mol. The fourth-order valence-electron chi connectivity index (χ4n) is 1.44. The van der Waals surface area contributed by atoms with Crippen LogP contribution in [0.2, 0.25) is 0 Å². The van der Waals surface area contributed by atoms with Crippen LogP contribution in [0.1, 0.15) is 16.2 Å². The van der Waals surface area contributed by atoms with Crippen LogP contribution in [0.5, 0.6) is 0 Å². The van der Waals surface area contributed by atoms with Crippen molar-refractivity contribution >= 4 is 28.6 Å². The lowest BCUT2D eigenvalue weighted by molar-refractivity contribution is 0.0691. The van der Waals surface area contributed by atoms with Gasteiger partial charge in [-0.3, -0.25) is 10.1 Å². The number of rotatable bonds is 2. The van der Waals surface area contributed by atoms with Crippen LogP contribution in [0.15, 0.2) is 18.3 Å². The maximum absolute atomic E-state index is 11.0. The molecule has 16 heavy (non-hydrogen) atoms. The van der Waals surface area contributed by atoms with Crippen LogP contribution in [0, 0.1) is 10.5 Å². The molecule has 0 aromatic carbocycles. The largest absolute Gasteiger partial charge is 0.476 e. The molecule has 6 heteroatoms. The Morgan fingerprint density at radius 1 is 1.56 bits per heavy atom. The average Bonchev–Trinajstić information content (AvgIpc) is 2.60. The van der Waals surface area contributed by atoms with E-state index in [0.717, 1.165) is 3.57 Å². The van der Waals surface area contributed by atoms with Gasteiger partial charge in [-0.05, 0) is 41.6 Å². The van der Waals surface area contributed by atoms with Crippen LogP contribution in [0.3, 0.4) is 0 Å². The number of aromatic nitrogens is 3. The third kappa shape index (κ3) is 1.92. The molecule has 2 N–H and O–H groups in total. The van der Waals surface area contributed by atoms with Crippen molar-refractivity contribution in [1.82, 2.24) is 15.2 Å². The van der Waals surface area contributed by atoms with Gasteiger partial charge in [0.05, 0.1) is 11.3 Å². The van der Waals surface area contributed by atoms with Crippen LogP contribution in [0.4, 0.5) is 0 Å². The number of nitrogens with zero attached hydrogens (tertiary/aromatic N) is 2. The minimum atomic E-state index is -1.06.